The predicted octanol–water partition coefficient (Wildman–Crippen LogP) is 4.42. The highest BCUT2D eigenvalue weighted by molar-refractivity contribution is 5.95. The highest BCUT2D eigenvalue weighted by atomic mass is 16.2. The molecule has 0 saturated carbocycles. The number of pyridine rings is 2. The Labute approximate surface area is 217 Å². The standard InChI is InChI=1S/C30H33N5O2/c36-28(27-3-1-2-14-32-27)33-26-7-6-22-4-5-23(21-25(22)26)29(37)35-19-12-30(13-20-35)10-17-34(18-11-30)24-8-15-31-16-9-24/h1-5,8-9,14-16,21,26H,6-7,10-13,17-20H2,(H,33,36). The van der Waals surface area contributed by atoms with Crippen molar-refractivity contribution in [1.82, 2.24) is 20.2 Å². The fourth-order valence-electron chi connectivity index (χ4n) is 6.28. The van der Waals surface area contributed by atoms with E-state index in [0.717, 1.165) is 63.0 Å². The number of anilines is 1. The monoisotopic (exact) mass is 495 g/mol. The lowest BCUT2D eigenvalue weighted by atomic mass is 9.71. The number of carbonyl (C=O) groups excluding carboxylic acids is 2. The molecule has 1 aromatic carbocycles. The molecule has 2 saturated heterocycles. The van der Waals surface area contributed by atoms with Crippen molar-refractivity contribution in [2.45, 2.75) is 44.6 Å². The number of amides is 2. The van der Waals surface area contributed by atoms with Crippen molar-refractivity contribution in [2.24, 2.45) is 5.41 Å². The van der Waals surface area contributed by atoms with Crippen molar-refractivity contribution in [1.29, 1.82) is 0 Å². The van der Waals surface area contributed by atoms with Gasteiger partial charge in [-0.15, -0.1) is 0 Å². The number of aromatic nitrogens is 2. The maximum atomic E-state index is 13.5. The van der Waals surface area contributed by atoms with E-state index in [-0.39, 0.29) is 17.9 Å². The molecule has 2 aromatic heterocycles. The van der Waals surface area contributed by atoms with Crippen molar-refractivity contribution >= 4 is 17.5 Å². The lowest BCUT2D eigenvalue weighted by Crippen LogP contribution is -2.48. The van der Waals surface area contributed by atoms with E-state index in [4.69, 9.17) is 0 Å². The fraction of sp³-hybridized carbons (Fsp3) is 0.400. The molecule has 37 heavy (non-hydrogen) atoms. The van der Waals surface area contributed by atoms with Crippen LogP contribution in [0.1, 0.15) is 70.1 Å². The Hall–Kier alpha value is -3.74. The zero-order valence-electron chi connectivity index (χ0n) is 21.1. The zero-order valence-corrected chi connectivity index (χ0v) is 21.1. The van der Waals surface area contributed by atoms with Crippen molar-refractivity contribution in [3.8, 4) is 0 Å². The van der Waals surface area contributed by atoms with Crippen LogP contribution in [0.15, 0.2) is 67.1 Å². The number of rotatable bonds is 4. The minimum absolute atomic E-state index is 0.0903. The summed E-state index contributed by atoms with van der Waals surface area (Å²) in [5.74, 6) is -0.0694. The summed E-state index contributed by atoms with van der Waals surface area (Å²) in [6.07, 6.45) is 11.6. The first-order valence-corrected chi connectivity index (χ1v) is 13.4. The first kappa shape index (κ1) is 23.6. The average molecular weight is 496 g/mol. The molecule has 0 radical (unpaired) electrons. The van der Waals surface area contributed by atoms with E-state index < -0.39 is 0 Å². The highest BCUT2D eigenvalue weighted by Gasteiger charge is 2.39. The number of likely N-dealkylation sites (tertiary alicyclic amines) is 1. The molecule has 4 heterocycles. The first-order chi connectivity index (χ1) is 18.1. The molecule has 3 aliphatic rings. The van der Waals surface area contributed by atoms with E-state index >= 15 is 0 Å². The molecular formula is C30H33N5O2. The van der Waals surface area contributed by atoms with Gasteiger partial charge in [-0.1, -0.05) is 12.1 Å². The van der Waals surface area contributed by atoms with E-state index in [9.17, 15) is 9.59 Å². The van der Waals surface area contributed by atoms with Crippen LogP contribution < -0.4 is 10.2 Å². The largest absolute Gasteiger partial charge is 0.371 e. The minimum atomic E-state index is -0.175. The fourth-order valence-corrected chi connectivity index (χ4v) is 6.28. The second-order valence-corrected chi connectivity index (χ2v) is 10.7. The number of carbonyl (C=O) groups is 2. The van der Waals surface area contributed by atoms with Crippen LogP contribution in [0.25, 0.3) is 0 Å². The lowest BCUT2D eigenvalue weighted by Gasteiger charge is -2.47. The van der Waals surface area contributed by atoms with Crippen molar-refractivity contribution in [3.63, 3.8) is 0 Å². The molecule has 1 unspecified atom stereocenters. The number of hydrogen-bond donors (Lipinski definition) is 1. The van der Waals surface area contributed by atoms with Crippen LogP contribution in [0.5, 0.6) is 0 Å². The van der Waals surface area contributed by atoms with Crippen molar-refractivity contribution in [3.05, 3.63) is 89.5 Å². The molecule has 7 nitrogen and oxygen atoms in total. The zero-order chi connectivity index (χ0) is 25.2. The van der Waals surface area contributed by atoms with Crippen LogP contribution in [0.4, 0.5) is 5.69 Å². The number of hydrogen-bond acceptors (Lipinski definition) is 5. The predicted molar refractivity (Wildman–Crippen MR) is 142 cm³/mol. The van der Waals surface area contributed by atoms with Gasteiger partial charge in [0, 0.05) is 56.0 Å². The van der Waals surface area contributed by atoms with Gasteiger partial charge in [0.15, 0.2) is 0 Å². The lowest BCUT2D eigenvalue weighted by molar-refractivity contribution is 0.0515. The number of benzene rings is 1. The van der Waals surface area contributed by atoms with Crippen LogP contribution in [0.3, 0.4) is 0 Å². The Kier molecular flexibility index (Phi) is 6.37. The Balaban J connectivity index is 1.07. The number of piperidine rings is 2. The summed E-state index contributed by atoms with van der Waals surface area (Å²) in [7, 11) is 0. The molecule has 1 spiro atoms. The summed E-state index contributed by atoms with van der Waals surface area (Å²) in [6, 6.07) is 15.4. The molecule has 2 aliphatic heterocycles. The van der Waals surface area contributed by atoms with Crippen LogP contribution in [-0.4, -0.2) is 52.9 Å². The number of nitrogens with one attached hydrogen (secondary N) is 1. The highest BCUT2D eigenvalue weighted by Crippen LogP contribution is 2.42. The van der Waals surface area contributed by atoms with Crippen LogP contribution in [-0.2, 0) is 6.42 Å². The van der Waals surface area contributed by atoms with Gasteiger partial charge in [-0.05, 0) is 91.5 Å². The van der Waals surface area contributed by atoms with E-state index in [0.29, 0.717) is 11.1 Å². The van der Waals surface area contributed by atoms with Crippen LogP contribution >= 0.6 is 0 Å². The van der Waals surface area contributed by atoms with Gasteiger partial charge in [-0.2, -0.15) is 0 Å². The molecule has 6 rings (SSSR count). The molecule has 1 atom stereocenters. The Morgan fingerprint density at radius 1 is 0.892 bits per heavy atom. The third kappa shape index (κ3) is 4.82. The van der Waals surface area contributed by atoms with Gasteiger partial charge in [0.05, 0.1) is 6.04 Å². The number of nitrogens with zero attached hydrogens (tertiary/aromatic N) is 4. The summed E-state index contributed by atoms with van der Waals surface area (Å²) < 4.78 is 0. The Bertz CT molecular complexity index is 1260. The van der Waals surface area contributed by atoms with E-state index in [1.54, 1.807) is 18.3 Å². The summed E-state index contributed by atoms with van der Waals surface area (Å²) in [5.41, 5.74) is 5.01. The van der Waals surface area contributed by atoms with E-state index in [1.165, 1.54) is 24.1 Å². The number of fused-ring (bicyclic) bond motifs is 1. The molecule has 1 N–H and O–H groups in total. The molecule has 2 amide bonds. The molecule has 0 bridgehead atoms. The quantitative estimate of drug-likeness (QED) is 0.580. The third-order valence-corrected chi connectivity index (χ3v) is 8.64. The van der Waals surface area contributed by atoms with E-state index in [2.05, 4.69) is 38.4 Å². The van der Waals surface area contributed by atoms with Gasteiger partial charge in [-0.25, -0.2) is 0 Å². The molecule has 1 aliphatic carbocycles. The summed E-state index contributed by atoms with van der Waals surface area (Å²) >= 11 is 0. The summed E-state index contributed by atoms with van der Waals surface area (Å²) in [4.78, 5) is 38.9. The molecule has 7 heteroatoms. The van der Waals surface area contributed by atoms with Gasteiger partial charge in [0.1, 0.15) is 5.69 Å². The minimum Gasteiger partial charge on any atom is -0.371 e. The van der Waals surface area contributed by atoms with Gasteiger partial charge < -0.3 is 15.1 Å². The second-order valence-electron chi connectivity index (χ2n) is 10.7. The second kappa shape index (κ2) is 9.96. The van der Waals surface area contributed by atoms with Gasteiger partial charge in [-0.3, -0.25) is 19.6 Å². The first-order valence-electron chi connectivity index (χ1n) is 13.4. The smallest absolute Gasteiger partial charge is 0.270 e. The third-order valence-electron chi connectivity index (χ3n) is 8.64. The average Bonchev–Trinajstić information content (AvgIpc) is 3.36. The topological polar surface area (TPSA) is 78.4 Å². The van der Waals surface area contributed by atoms with Crippen LogP contribution in [0.2, 0.25) is 0 Å². The Morgan fingerprint density at radius 3 is 2.38 bits per heavy atom. The molecule has 190 valence electrons. The summed E-state index contributed by atoms with van der Waals surface area (Å²) in [5, 5.41) is 3.12. The van der Waals surface area contributed by atoms with Crippen molar-refractivity contribution in [2.75, 3.05) is 31.1 Å². The van der Waals surface area contributed by atoms with E-state index in [1.807, 2.05) is 35.5 Å². The normalized spacial score (nSPS) is 20.5. The van der Waals surface area contributed by atoms with Gasteiger partial charge in [0.2, 0.25) is 0 Å². The SMILES string of the molecule is O=C(NC1CCc2ccc(C(=O)N3CCC4(CC3)CCN(c3ccncc3)CC4)cc21)c1ccccn1. The van der Waals surface area contributed by atoms with Gasteiger partial charge in [0.25, 0.3) is 11.8 Å². The Morgan fingerprint density at radius 2 is 1.65 bits per heavy atom. The van der Waals surface area contributed by atoms with Crippen molar-refractivity contribution < 1.29 is 9.59 Å². The molecule has 3 aromatic rings. The summed E-state index contributed by atoms with van der Waals surface area (Å²) in [6.45, 7) is 3.75. The molecular weight excluding hydrogens is 462 g/mol. The molecule has 2 fully saturated rings. The maximum Gasteiger partial charge on any atom is 0.270 e. The van der Waals surface area contributed by atoms with Gasteiger partial charge >= 0.3 is 0 Å². The number of aryl methyl sites for hydroxylation is 1. The van der Waals surface area contributed by atoms with Crippen LogP contribution in [0, 0.1) is 5.41 Å². The maximum absolute atomic E-state index is 13.5.